The monoisotopic (exact) mass is 744 g/mol. The van der Waals surface area contributed by atoms with Crippen LogP contribution in [0.1, 0.15) is 35.2 Å². The fourth-order valence-corrected chi connectivity index (χ4v) is 5.14. The number of aliphatic hydroxyl groups excluding tert-OH is 1. The highest BCUT2D eigenvalue weighted by Gasteiger charge is 2.45. The van der Waals surface area contributed by atoms with E-state index in [0.717, 1.165) is 29.4 Å². The zero-order valence-electron chi connectivity index (χ0n) is 27.3. The molecular weight excluding hydrogens is 712 g/mol. The molecule has 1 heterocycles. The van der Waals surface area contributed by atoms with Crippen LogP contribution in [-0.4, -0.2) is 81.7 Å². The predicted octanol–water partition coefficient (Wildman–Crippen LogP) is 5.03. The Balaban J connectivity index is 1.16. The highest BCUT2D eigenvalue weighted by molar-refractivity contribution is 6.39. The highest BCUT2D eigenvalue weighted by Crippen LogP contribution is 2.48. The molecule has 0 unspecified atom stereocenters. The Morgan fingerprint density at radius 1 is 0.923 bits per heavy atom. The number of carbonyl (C=O) groups is 3. The first-order valence-corrected chi connectivity index (χ1v) is 16.3. The van der Waals surface area contributed by atoms with Crippen molar-refractivity contribution in [3.8, 4) is 6.01 Å². The SMILES string of the molecule is O=C(Nc1cccc(F)c1)C(=O)N(CCO)CCCNC(=O)c1ccc(Nc2nc(NC3(c4ccc(Cl)cc4)CC3)nc(OCC(F)(F)F)n2)cc1. The Hall–Kier alpha value is -5.55. The standard InChI is InChI=1S/C34H33ClF4N8O5/c35-23-9-7-22(8-10-23)33(13-14-33)46-31-43-30(44-32(45-31)52-20-34(37,38)39)42-25-11-5-21(6-12-25)27(49)40-15-2-16-47(17-18-48)29(51)28(50)41-26-4-1-3-24(36)19-26/h1,3-12,19,48H,2,13-18,20H2,(H,40,49)(H,41,50)(H2,42,43,44,45,46). The van der Waals surface area contributed by atoms with Crippen molar-refractivity contribution in [2.45, 2.75) is 31.0 Å². The first-order valence-electron chi connectivity index (χ1n) is 15.9. The van der Waals surface area contributed by atoms with Crippen molar-refractivity contribution in [3.05, 3.63) is 94.8 Å². The summed E-state index contributed by atoms with van der Waals surface area (Å²) in [5.41, 5.74) is 1.14. The third kappa shape index (κ3) is 10.7. The van der Waals surface area contributed by atoms with E-state index in [1.54, 1.807) is 12.1 Å². The Bertz CT molecular complexity index is 1880. The number of amides is 3. The van der Waals surface area contributed by atoms with Gasteiger partial charge in [0, 0.05) is 41.6 Å². The molecule has 18 heteroatoms. The second-order valence-electron chi connectivity index (χ2n) is 11.7. The number of hydrogen-bond acceptors (Lipinski definition) is 10. The number of nitrogens with one attached hydrogen (secondary N) is 4. The summed E-state index contributed by atoms with van der Waals surface area (Å²) in [4.78, 5) is 51.2. The number of carbonyl (C=O) groups excluding carboxylic acids is 3. The quantitative estimate of drug-likeness (QED) is 0.0632. The summed E-state index contributed by atoms with van der Waals surface area (Å²) in [6, 6.07) is 17.7. The van der Waals surface area contributed by atoms with E-state index in [1.807, 2.05) is 12.1 Å². The molecule has 1 aromatic heterocycles. The normalized spacial score (nSPS) is 13.1. The minimum atomic E-state index is -4.62. The topological polar surface area (TPSA) is 171 Å². The third-order valence-corrected chi connectivity index (χ3v) is 7.96. The van der Waals surface area contributed by atoms with Gasteiger partial charge >= 0.3 is 24.0 Å². The van der Waals surface area contributed by atoms with Crippen LogP contribution in [0.3, 0.4) is 0 Å². The number of halogens is 5. The average Bonchev–Trinajstić information content (AvgIpc) is 3.88. The molecule has 52 heavy (non-hydrogen) atoms. The lowest BCUT2D eigenvalue weighted by molar-refractivity contribution is -0.154. The fourth-order valence-electron chi connectivity index (χ4n) is 5.01. The maximum Gasteiger partial charge on any atom is 0.422 e. The Morgan fingerprint density at radius 2 is 1.63 bits per heavy atom. The molecule has 5 rings (SSSR count). The van der Waals surface area contributed by atoms with E-state index in [1.165, 1.54) is 42.5 Å². The molecule has 13 nitrogen and oxygen atoms in total. The highest BCUT2D eigenvalue weighted by atomic mass is 35.5. The second-order valence-corrected chi connectivity index (χ2v) is 12.1. The van der Waals surface area contributed by atoms with E-state index in [2.05, 4.69) is 36.2 Å². The molecule has 1 aliphatic carbocycles. The van der Waals surface area contributed by atoms with E-state index in [0.29, 0.717) is 10.7 Å². The van der Waals surface area contributed by atoms with Gasteiger partial charge in [-0.2, -0.15) is 28.1 Å². The maximum atomic E-state index is 13.4. The van der Waals surface area contributed by atoms with Gasteiger partial charge in [-0.15, -0.1) is 0 Å². The molecule has 274 valence electrons. The predicted molar refractivity (Wildman–Crippen MR) is 183 cm³/mol. The van der Waals surface area contributed by atoms with Gasteiger partial charge in [-0.05, 0) is 79.4 Å². The first kappa shape index (κ1) is 37.7. The van der Waals surface area contributed by atoms with Crippen molar-refractivity contribution in [1.82, 2.24) is 25.2 Å². The number of benzene rings is 3. The summed E-state index contributed by atoms with van der Waals surface area (Å²) in [5, 5.41) is 21.0. The summed E-state index contributed by atoms with van der Waals surface area (Å²) in [7, 11) is 0. The lowest BCUT2D eigenvalue weighted by atomic mass is 10.1. The van der Waals surface area contributed by atoms with Crippen molar-refractivity contribution in [3.63, 3.8) is 0 Å². The number of nitrogens with zero attached hydrogens (tertiary/aromatic N) is 4. The van der Waals surface area contributed by atoms with Gasteiger partial charge in [0.05, 0.1) is 12.1 Å². The maximum absolute atomic E-state index is 13.4. The molecule has 3 aromatic carbocycles. The van der Waals surface area contributed by atoms with Crippen molar-refractivity contribution >= 4 is 52.6 Å². The lowest BCUT2D eigenvalue weighted by Gasteiger charge is -2.21. The number of alkyl halides is 3. The van der Waals surface area contributed by atoms with Crippen LogP contribution < -0.4 is 26.0 Å². The van der Waals surface area contributed by atoms with Crippen LogP contribution >= 0.6 is 11.6 Å². The molecule has 1 fully saturated rings. The smallest absolute Gasteiger partial charge is 0.422 e. The molecule has 5 N–H and O–H groups in total. The summed E-state index contributed by atoms with van der Waals surface area (Å²) < 4.78 is 57.0. The van der Waals surface area contributed by atoms with E-state index in [-0.39, 0.29) is 49.2 Å². The van der Waals surface area contributed by atoms with Crippen LogP contribution in [0.2, 0.25) is 5.02 Å². The summed E-state index contributed by atoms with van der Waals surface area (Å²) >= 11 is 6.02. The molecular formula is C34H33ClF4N8O5. The molecule has 0 bridgehead atoms. The van der Waals surface area contributed by atoms with Gasteiger partial charge in [0.1, 0.15) is 5.82 Å². The summed E-state index contributed by atoms with van der Waals surface area (Å²) in [5.74, 6) is -3.08. The first-order chi connectivity index (χ1) is 24.8. The van der Waals surface area contributed by atoms with E-state index < -0.39 is 54.5 Å². The van der Waals surface area contributed by atoms with Crippen molar-refractivity contribution in [2.24, 2.45) is 0 Å². The zero-order valence-corrected chi connectivity index (χ0v) is 28.1. The minimum Gasteiger partial charge on any atom is -0.454 e. The van der Waals surface area contributed by atoms with Crippen molar-refractivity contribution in [1.29, 1.82) is 0 Å². The lowest BCUT2D eigenvalue weighted by Crippen LogP contribution is -2.42. The molecule has 0 radical (unpaired) electrons. The Labute approximate surface area is 299 Å². The van der Waals surface area contributed by atoms with Gasteiger partial charge in [0.15, 0.2) is 6.61 Å². The molecule has 3 amide bonds. The largest absolute Gasteiger partial charge is 0.454 e. The van der Waals surface area contributed by atoms with Crippen LogP contribution in [0, 0.1) is 5.82 Å². The molecule has 0 aliphatic heterocycles. The fraction of sp³-hybridized carbons (Fsp3) is 0.294. The molecule has 4 aromatic rings. The van der Waals surface area contributed by atoms with Crippen LogP contribution in [0.15, 0.2) is 72.8 Å². The van der Waals surface area contributed by atoms with Crippen LogP contribution in [-0.2, 0) is 15.1 Å². The van der Waals surface area contributed by atoms with Crippen LogP contribution in [0.5, 0.6) is 6.01 Å². The van der Waals surface area contributed by atoms with Gasteiger partial charge in [0.2, 0.25) is 11.9 Å². The number of hydrogen-bond donors (Lipinski definition) is 5. The molecule has 0 spiro atoms. The number of ether oxygens (including phenoxy) is 1. The Kier molecular flexibility index (Phi) is 12.1. The summed E-state index contributed by atoms with van der Waals surface area (Å²) in [6.07, 6.45) is -2.93. The van der Waals surface area contributed by atoms with Gasteiger partial charge in [-0.1, -0.05) is 29.8 Å². The van der Waals surface area contributed by atoms with E-state index in [4.69, 9.17) is 16.3 Å². The molecule has 1 saturated carbocycles. The minimum absolute atomic E-state index is 0.00964. The van der Waals surface area contributed by atoms with Gasteiger partial charge in [-0.25, -0.2) is 4.39 Å². The van der Waals surface area contributed by atoms with Gasteiger partial charge in [-0.3, -0.25) is 14.4 Å². The summed E-state index contributed by atoms with van der Waals surface area (Å²) in [6.45, 7) is -1.98. The number of anilines is 4. The second kappa shape index (κ2) is 16.6. The van der Waals surface area contributed by atoms with E-state index in [9.17, 15) is 37.1 Å². The molecule has 0 atom stereocenters. The van der Waals surface area contributed by atoms with Gasteiger partial charge in [0.25, 0.3) is 5.91 Å². The molecule has 0 saturated heterocycles. The van der Waals surface area contributed by atoms with Crippen molar-refractivity contribution in [2.75, 3.05) is 48.8 Å². The number of aromatic nitrogens is 3. The van der Waals surface area contributed by atoms with Gasteiger partial charge < -0.3 is 36.0 Å². The van der Waals surface area contributed by atoms with E-state index >= 15 is 0 Å². The van der Waals surface area contributed by atoms with Crippen LogP contribution in [0.25, 0.3) is 0 Å². The number of aliphatic hydroxyl groups is 1. The zero-order chi connectivity index (χ0) is 37.3. The van der Waals surface area contributed by atoms with Crippen molar-refractivity contribution < 1.29 is 41.8 Å². The van der Waals surface area contributed by atoms with Crippen LogP contribution in [0.4, 0.5) is 40.8 Å². The average molecular weight is 745 g/mol. The third-order valence-electron chi connectivity index (χ3n) is 7.71. The number of rotatable bonds is 15. The Morgan fingerprint density at radius 3 is 2.29 bits per heavy atom. The molecule has 1 aliphatic rings.